The van der Waals surface area contributed by atoms with Crippen molar-refractivity contribution in [1.82, 2.24) is 15.5 Å². The third-order valence-electron chi connectivity index (χ3n) is 3.98. The van der Waals surface area contributed by atoms with Crippen LogP contribution in [0.3, 0.4) is 0 Å². The van der Waals surface area contributed by atoms with Crippen LogP contribution in [0, 0.1) is 0 Å². The Balaban J connectivity index is 1.58. The topological polar surface area (TPSA) is 77.2 Å². The van der Waals surface area contributed by atoms with Crippen molar-refractivity contribution in [1.29, 1.82) is 0 Å². The Morgan fingerprint density at radius 3 is 2.71 bits per heavy atom. The first-order valence-corrected chi connectivity index (χ1v) is 8.29. The molecule has 1 N–H and O–H groups in total. The number of amides is 1. The number of hydrogen-bond acceptors (Lipinski definition) is 5. The second-order valence-corrected chi connectivity index (χ2v) is 7.18. The maximum absolute atomic E-state index is 11.9. The Kier molecular flexibility index (Phi) is 4.55. The molecule has 3 rings (SSSR count). The summed E-state index contributed by atoms with van der Waals surface area (Å²) in [5, 5.41) is 7.04. The van der Waals surface area contributed by atoms with Crippen LogP contribution in [0.5, 0.6) is 0 Å². The fraction of sp³-hybridized carbons (Fsp3) is 0.500. The number of alkyl carbamates (subject to hydrolysis) is 1. The molecule has 1 saturated carbocycles. The van der Waals surface area contributed by atoms with E-state index in [1.807, 2.05) is 51.1 Å². The van der Waals surface area contributed by atoms with Crippen LogP contribution >= 0.6 is 0 Å². The van der Waals surface area contributed by atoms with Gasteiger partial charge in [-0.3, -0.25) is 0 Å². The van der Waals surface area contributed by atoms with Gasteiger partial charge in [0, 0.05) is 17.5 Å². The summed E-state index contributed by atoms with van der Waals surface area (Å²) in [6.07, 6.45) is 2.24. The van der Waals surface area contributed by atoms with E-state index in [2.05, 4.69) is 15.5 Å². The smallest absolute Gasteiger partial charge is 0.407 e. The second kappa shape index (κ2) is 6.63. The molecule has 6 heteroatoms. The molecule has 1 amide bonds. The molecule has 1 aromatic carbocycles. The summed E-state index contributed by atoms with van der Waals surface area (Å²) in [4.78, 5) is 16.4. The van der Waals surface area contributed by atoms with E-state index in [0.29, 0.717) is 11.7 Å². The quantitative estimate of drug-likeness (QED) is 0.924. The van der Waals surface area contributed by atoms with E-state index in [1.165, 1.54) is 0 Å². The molecule has 0 radical (unpaired) electrons. The number of carbonyl (C=O) groups excluding carboxylic acids is 1. The molecule has 1 aliphatic carbocycles. The molecular formula is C18H23N3O3. The number of carbonyl (C=O) groups is 1. The normalized spacial score (nSPS) is 20.8. The van der Waals surface area contributed by atoms with Gasteiger partial charge in [0.2, 0.25) is 0 Å². The van der Waals surface area contributed by atoms with E-state index in [4.69, 9.17) is 9.26 Å². The van der Waals surface area contributed by atoms with Crippen LogP contribution in [0.4, 0.5) is 4.79 Å². The van der Waals surface area contributed by atoms with E-state index in [0.717, 1.165) is 24.8 Å². The third kappa shape index (κ3) is 4.13. The number of nitrogens with one attached hydrogen (secondary N) is 1. The molecule has 6 nitrogen and oxygen atoms in total. The number of hydrogen-bond donors (Lipinski definition) is 1. The first kappa shape index (κ1) is 16.5. The Morgan fingerprint density at radius 1 is 1.25 bits per heavy atom. The molecule has 2 atom stereocenters. The van der Waals surface area contributed by atoms with Crippen LogP contribution in [-0.2, 0) is 4.74 Å². The summed E-state index contributed by atoms with van der Waals surface area (Å²) in [6, 6.07) is 9.80. The van der Waals surface area contributed by atoms with Crippen LogP contribution < -0.4 is 5.32 Å². The van der Waals surface area contributed by atoms with Crippen molar-refractivity contribution < 1.29 is 14.1 Å². The van der Waals surface area contributed by atoms with Gasteiger partial charge < -0.3 is 14.6 Å². The van der Waals surface area contributed by atoms with Crippen molar-refractivity contribution >= 4 is 6.09 Å². The summed E-state index contributed by atoms with van der Waals surface area (Å²) in [5.74, 6) is 1.45. The highest BCUT2D eigenvalue weighted by Gasteiger charge is 2.31. The minimum Gasteiger partial charge on any atom is -0.444 e. The Hall–Kier alpha value is -2.37. The van der Waals surface area contributed by atoms with E-state index < -0.39 is 5.60 Å². The summed E-state index contributed by atoms with van der Waals surface area (Å²) in [7, 11) is 0. The van der Waals surface area contributed by atoms with Crippen molar-refractivity contribution in [2.75, 3.05) is 0 Å². The number of nitrogens with zero attached hydrogens (tertiary/aromatic N) is 2. The van der Waals surface area contributed by atoms with E-state index in [9.17, 15) is 4.79 Å². The average molecular weight is 329 g/mol. The van der Waals surface area contributed by atoms with Crippen molar-refractivity contribution in [3.8, 4) is 11.5 Å². The Morgan fingerprint density at radius 2 is 2.00 bits per heavy atom. The third-order valence-corrected chi connectivity index (χ3v) is 3.98. The molecule has 0 unspecified atom stereocenters. The molecule has 0 saturated heterocycles. The highest BCUT2D eigenvalue weighted by molar-refractivity contribution is 5.68. The van der Waals surface area contributed by atoms with E-state index in [1.54, 1.807) is 0 Å². The molecule has 1 heterocycles. The van der Waals surface area contributed by atoms with Gasteiger partial charge in [-0.15, -0.1) is 0 Å². The highest BCUT2D eigenvalue weighted by Crippen LogP contribution is 2.34. The largest absolute Gasteiger partial charge is 0.444 e. The van der Waals surface area contributed by atoms with Crippen LogP contribution in [0.2, 0.25) is 0 Å². The van der Waals surface area contributed by atoms with Gasteiger partial charge in [0.25, 0.3) is 5.89 Å². The fourth-order valence-electron chi connectivity index (χ4n) is 2.92. The van der Waals surface area contributed by atoms with Gasteiger partial charge >= 0.3 is 6.09 Å². The van der Waals surface area contributed by atoms with Gasteiger partial charge in [0.15, 0.2) is 5.82 Å². The highest BCUT2D eigenvalue weighted by atomic mass is 16.6. The molecule has 1 aromatic heterocycles. The van der Waals surface area contributed by atoms with Crippen LogP contribution in [-0.4, -0.2) is 27.9 Å². The lowest BCUT2D eigenvalue weighted by Gasteiger charge is -2.21. The maximum atomic E-state index is 11.9. The van der Waals surface area contributed by atoms with Crippen molar-refractivity contribution in [3.05, 3.63) is 36.2 Å². The van der Waals surface area contributed by atoms with Gasteiger partial charge in [-0.1, -0.05) is 23.4 Å². The fourth-order valence-corrected chi connectivity index (χ4v) is 2.92. The molecule has 0 bridgehead atoms. The number of rotatable bonds is 3. The molecular weight excluding hydrogens is 306 g/mol. The first-order valence-electron chi connectivity index (χ1n) is 8.29. The molecule has 0 spiro atoms. The summed E-state index contributed by atoms with van der Waals surface area (Å²) >= 11 is 0. The minimum absolute atomic E-state index is 0.0866. The van der Waals surface area contributed by atoms with Crippen LogP contribution in [0.25, 0.3) is 11.5 Å². The predicted molar refractivity (Wildman–Crippen MR) is 89.5 cm³/mol. The minimum atomic E-state index is -0.486. The monoisotopic (exact) mass is 329 g/mol. The van der Waals surface area contributed by atoms with Crippen LogP contribution in [0.15, 0.2) is 34.9 Å². The molecule has 24 heavy (non-hydrogen) atoms. The van der Waals surface area contributed by atoms with Crippen molar-refractivity contribution in [2.45, 2.75) is 57.6 Å². The zero-order valence-electron chi connectivity index (χ0n) is 14.3. The van der Waals surface area contributed by atoms with Gasteiger partial charge in [-0.2, -0.15) is 4.98 Å². The maximum Gasteiger partial charge on any atom is 0.407 e. The van der Waals surface area contributed by atoms with E-state index >= 15 is 0 Å². The predicted octanol–water partition coefficient (Wildman–Crippen LogP) is 3.90. The van der Waals surface area contributed by atoms with E-state index in [-0.39, 0.29) is 18.1 Å². The summed E-state index contributed by atoms with van der Waals surface area (Å²) < 4.78 is 10.7. The first-order chi connectivity index (χ1) is 11.4. The lowest BCUT2D eigenvalue weighted by atomic mass is 10.1. The lowest BCUT2D eigenvalue weighted by Crippen LogP contribution is -2.37. The lowest BCUT2D eigenvalue weighted by molar-refractivity contribution is 0.0505. The molecule has 1 fully saturated rings. The van der Waals surface area contributed by atoms with Gasteiger partial charge in [-0.25, -0.2) is 4.79 Å². The summed E-state index contributed by atoms with van der Waals surface area (Å²) in [5.41, 5.74) is 0.429. The SMILES string of the molecule is CC(C)(C)OC(=O)N[C@H]1CC[C@H](c2noc(-c3ccccc3)n2)C1. The van der Waals surface area contributed by atoms with Crippen molar-refractivity contribution in [3.63, 3.8) is 0 Å². The number of benzene rings is 1. The zero-order valence-corrected chi connectivity index (χ0v) is 14.3. The molecule has 0 aliphatic heterocycles. The number of aromatic nitrogens is 2. The summed E-state index contributed by atoms with van der Waals surface area (Å²) in [6.45, 7) is 5.57. The Labute approximate surface area is 141 Å². The Bertz CT molecular complexity index is 691. The van der Waals surface area contributed by atoms with Crippen molar-refractivity contribution in [2.24, 2.45) is 0 Å². The van der Waals surface area contributed by atoms with Crippen LogP contribution in [0.1, 0.15) is 51.8 Å². The number of ether oxygens (including phenoxy) is 1. The van der Waals surface area contributed by atoms with Gasteiger partial charge in [0.05, 0.1) is 0 Å². The molecule has 1 aliphatic rings. The molecule has 2 aromatic rings. The second-order valence-electron chi connectivity index (χ2n) is 7.18. The standard InChI is InChI=1S/C18H23N3O3/c1-18(2,3)23-17(22)19-14-10-9-13(11-14)15-20-16(24-21-15)12-7-5-4-6-8-12/h4-8,13-14H,9-11H2,1-3H3,(H,19,22)/t13-,14-/m0/s1. The molecule has 128 valence electrons. The average Bonchev–Trinajstić information content (AvgIpc) is 3.15. The zero-order chi connectivity index (χ0) is 17.2. The van der Waals surface area contributed by atoms with Gasteiger partial charge in [-0.05, 0) is 52.2 Å². The van der Waals surface area contributed by atoms with Gasteiger partial charge in [0.1, 0.15) is 5.60 Å².